The first-order valence-corrected chi connectivity index (χ1v) is 3.94. The maximum absolute atomic E-state index is 11.8. The van der Waals surface area contributed by atoms with Gasteiger partial charge in [0, 0.05) is 12.6 Å². The summed E-state index contributed by atoms with van der Waals surface area (Å²) in [5, 5.41) is 19.6. The van der Waals surface area contributed by atoms with Crippen LogP contribution >= 0.6 is 0 Å². The van der Waals surface area contributed by atoms with Crippen LogP contribution in [0.5, 0.6) is 0 Å². The van der Waals surface area contributed by atoms with Gasteiger partial charge >= 0.3 is 6.18 Å². The van der Waals surface area contributed by atoms with Crippen molar-refractivity contribution in [3.63, 3.8) is 0 Å². The van der Waals surface area contributed by atoms with Crippen molar-refractivity contribution in [2.24, 2.45) is 0 Å². The number of aliphatic hydroxyl groups is 2. The second-order valence-corrected chi connectivity index (χ2v) is 2.96. The van der Waals surface area contributed by atoms with Gasteiger partial charge in [-0.15, -0.1) is 0 Å². The first kappa shape index (κ1) is 12.7. The van der Waals surface area contributed by atoms with Crippen molar-refractivity contribution in [3.05, 3.63) is 0 Å². The highest BCUT2D eigenvalue weighted by atomic mass is 19.4. The van der Waals surface area contributed by atoms with Crippen LogP contribution in [0.25, 0.3) is 0 Å². The Morgan fingerprint density at radius 2 is 1.92 bits per heavy atom. The van der Waals surface area contributed by atoms with Gasteiger partial charge in [0.1, 0.15) is 0 Å². The van der Waals surface area contributed by atoms with E-state index in [0.29, 0.717) is 0 Å². The average Bonchev–Trinajstić information content (AvgIpc) is 1.97. The predicted molar refractivity (Wildman–Crippen MR) is 41.2 cm³/mol. The molecule has 0 aromatic rings. The van der Waals surface area contributed by atoms with E-state index in [1.54, 1.807) is 0 Å². The zero-order valence-electron chi connectivity index (χ0n) is 7.30. The summed E-state index contributed by atoms with van der Waals surface area (Å²) in [5.41, 5.74) is 0. The minimum absolute atomic E-state index is 0.0340. The normalized spacial score (nSPS) is 17.1. The maximum atomic E-state index is 11.8. The Hall–Kier alpha value is -0.330. The third-order valence-corrected chi connectivity index (χ3v) is 1.45. The molecule has 0 aliphatic carbocycles. The van der Waals surface area contributed by atoms with Crippen LogP contribution in [-0.4, -0.2) is 41.7 Å². The van der Waals surface area contributed by atoms with Crippen molar-refractivity contribution in [1.29, 1.82) is 0 Å². The minimum atomic E-state index is -4.20. The van der Waals surface area contributed by atoms with E-state index in [9.17, 15) is 13.2 Å². The van der Waals surface area contributed by atoms with E-state index in [4.69, 9.17) is 10.2 Å². The molecule has 0 fully saturated rings. The van der Waals surface area contributed by atoms with Crippen molar-refractivity contribution in [1.82, 2.24) is 5.32 Å². The summed E-state index contributed by atoms with van der Waals surface area (Å²) in [7, 11) is 0. The lowest BCUT2D eigenvalue weighted by Gasteiger charge is -2.17. The highest BCUT2D eigenvalue weighted by molar-refractivity contribution is 4.67. The lowest BCUT2D eigenvalue weighted by Crippen LogP contribution is -2.37. The van der Waals surface area contributed by atoms with E-state index >= 15 is 0 Å². The second kappa shape index (κ2) is 5.41. The van der Waals surface area contributed by atoms with Gasteiger partial charge in [0.2, 0.25) is 0 Å². The van der Waals surface area contributed by atoms with Crippen LogP contribution in [-0.2, 0) is 0 Å². The predicted octanol–water partition coefficient (Wildman–Crippen LogP) is 0.270. The fourth-order valence-electron chi connectivity index (χ4n) is 0.821. The highest BCUT2D eigenvalue weighted by Gasteiger charge is 2.29. The van der Waals surface area contributed by atoms with E-state index < -0.39 is 31.3 Å². The van der Waals surface area contributed by atoms with Gasteiger partial charge in [0.15, 0.2) is 0 Å². The third-order valence-electron chi connectivity index (χ3n) is 1.45. The number of nitrogens with one attached hydrogen (secondary N) is 1. The number of aliphatic hydroxyl groups excluding tert-OH is 2. The molecule has 1 unspecified atom stereocenters. The monoisotopic (exact) mass is 201 g/mol. The molecule has 0 aliphatic rings. The molecule has 3 nitrogen and oxygen atoms in total. The number of hydrogen-bond donors (Lipinski definition) is 3. The summed E-state index contributed by atoms with van der Waals surface area (Å²) in [6.45, 7) is 0.886. The molecule has 0 saturated carbocycles. The van der Waals surface area contributed by atoms with Crippen LogP contribution in [0.1, 0.15) is 13.3 Å². The quantitative estimate of drug-likeness (QED) is 0.598. The SMILES string of the molecule is CC(CC(F)(F)F)NC[C@H](O)CO. The average molecular weight is 201 g/mol. The molecule has 0 amide bonds. The lowest BCUT2D eigenvalue weighted by molar-refractivity contribution is -0.139. The molecule has 0 bridgehead atoms. The Morgan fingerprint density at radius 1 is 1.38 bits per heavy atom. The molecule has 6 heteroatoms. The number of halogens is 3. The molecule has 0 saturated heterocycles. The standard InChI is InChI=1S/C7H14F3NO2/c1-5(2-7(8,9)10)11-3-6(13)4-12/h5-6,11-13H,2-4H2,1H3/t5?,6-/m0/s1. The Bertz CT molecular complexity index is 140. The molecule has 0 aromatic heterocycles. The first-order chi connectivity index (χ1) is 5.85. The van der Waals surface area contributed by atoms with Crippen LogP contribution in [0.4, 0.5) is 13.2 Å². The zero-order chi connectivity index (χ0) is 10.5. The van der Waals surface area contributed by atoms with Gasteiger partial charge in [-0.25, -0.2) is 0 Å². The largest absolute Gasteiger partial charge is 0.394 e. The summed E-state index contributed by atoms with van der Waals surface area (Å²) in [5.74, 6) is 0. The molecule has 3 N–H and O–H groups in total. The summed E-state index contributed by atoms with van der Waals surface area (Å²) in [6.07, 6.45) is -6.14. The van der Waals surface area contributed by atoms with Crippen LogP contribution in [0.3, 0.4) is 0 Å². The molecule has 0 spiro atoms. The first-order valence-electron chi connectivity index (χ1n) is 3.94. The molecule has 80 valence electrons. The van der Waals surface area contributed by atoms with Crippen LogP contribution < -0.4 is 5.32 Å². The lowest BCUT2D eigenvalue weighted by atomic mass is 10.2. The van der Waals surface area contributed by atoms with Gasteiger partial charge in [0.05, 0.1) is 19.1 Å². The highest BCUT2D eigenvalue weighted by Crippen LogP contribution is 2.21. The Balaban J connectivity index is 3.57. The fourth-order valence-corrected chi connectivity index (χ4v) is 0.821. The summed E-state index contributed by atoms with van der Waals surface area (Å²) in [6, 6.07) is -0.749. The van der Waals surface area contributed by atoms with Gasteiger partial charge in [-0.2, -0.15) is 13.2 Å². The maximum Gasteiger partial charge on any atom is 0.390 e. The van der Waals surface area contributed by atoms with Gasteiger partial charge in [-0.05, 0) is 6.92 Å². The van der Waals surface area contributed by atoms with Crippen molar-refractivity contribution in [2.45, 2.75) is 31.7 Å². The smallest absolute Gasteiger partial charge is 0.390 e. The van der Waals surface area contributed by atoms with Gasteiger partial charge in [0.25, 0.3) is 0 Å². The molecule has 2 atom stereocenters. The Labute approximate surface area is 74.6 Å². The topological polar surface area (TPSA) is 52.5 Å². The van der Waals surface area contributed by atoms with Crippen LogP contribution in [0.2, 0.25) is 0 Å². The Morgan fingerprint density at radius 3 is 2.31 bits per heavy atom. The number of hydrogen-bond acceptors (Lipinski definition) is 3. The molecular formula is C7H14F3NO2. The fraction of sp³-hybridized carbons (Fsp3) is 1.00. The molecule has 0 aromatic carbocycles. The van der Waals surface area contributed by atoms with Crippen molar-refractivity contribution < 1.29 is 23.4 Å². The number of rotatable bonds is 5. The van der Waals surface area contributed by atoms with Crippen molar-refractivity contribution >= 4 is 0 Å². The minimum Gasteiger partial charge on any atom is -0.394 e. The van der Waals surface area contributed by atoms with E-state index in [2.05, 4.69) is 5.32 Å². The van der Waals surface area contributed by atoms with Crippen LogP contribution in [0, 0.1) is 0 Å². The summed E-state index contributed by atoms with van der Waals surface area (Å²) >= 11 is 0. The molecule has 0 aliphatic heterocycles. The summed E-state index contributed by atoms with van der Waals surface area (Å²) < 4.78 is 35.3. The van der Waals surface area contributed by atoms with E-state index in [-0.39, 0.29) is 6.54 Å². The molecule has 0 rings (SSSR count). The molecular weight excluding hydrogens is 187 g/mol. The third kappa shape index (κ3) is 8.01. The molecule has 0 heterocycles. The number of alkyl halides is 3. The zero-order valence-corrected chi connectivity index (χ0v) is 7.30. The van der Waals surface area contributed by atoms with Crippen LogP contribution in [0.15, 0.2) is 0 Å². The van der Waals surface area contributed by atoms with Gasteiger partial charge < -0.3 is 15.5 Å². The van der Waals surface area contributed by atoms with Crippen molar-refractivity contribution in [2.75, 3.05) is 13.2 Å². The molecule has 13 heavy (non-hydrogen) atoms. The van der Waals surface area contributed by atoms with E-state index in [1.807, 2.05) is 0 Å². The van der Waals surface area contributed by atoms with E-state index in [0.717, 1.165) is 0 Å². The molecule has 0 radical (unpaired) electrons. The van der Waals surface area contributed by atoms with Gasteiger partial charge in [-0.3, -0.25) is 0 Å². The van der Waals surface area contributed by atoms with Crippen molar-refractivity contribution in [3.8, 4) is 0 Å². The van der Waals surface area contributed by atoms with E-state index in [1.165, 1.54) is 6.92 Å². The van der Waals surface area contributed by atoms with Gasteiger partial charge in [-0.1, -0.05) is 0 Å². The second-order valence-electron chi connectivity index (χ2n) is 2.96. The Kier molecular flexibility index (Phi) is 5.27. The summed E-state index contributed by atoms with van der Waals surface area (Å²) in [4.78, 5) is 0.